The standard InChI is InChI=1S/C18H20O5S/c1-21-15-6-4-13(5-7-15)18(20)23-17-14(11-24-3)8-12(10-19)9-16(17)22-2/h4-9,19H,10-11H2,1-3H3. The van der Waals surface area contributed by atoms with E-state index in [0.717, 1.165) is 5.56 Å². The van der Waals surface area contributed by atoms with Crippen LogP contribution >= 0.6 is 11.8 Å². The third-order valence-electron chi connectivity index (χ3n) is 3.41. The Balaban J connectivity index is 2.33. The quantitative estimate of drug-likeness (QED) is 0.612. The fraction of sp³-hybridized carbons (Fsp3) is 0.278. The van der Waals surface area contributed by atoms with Gasteiger partial charge in [0.2, 0.25) is 0 Å². The van der Waals surface area contributed by atoms with Crippen molar-refractivity contribution in [3.05, 3.63) is 53.1 Å². The molecule has 0 unspecified atom stereocenters. The van der Waals surface area contributed by atoms with Gasteiger partial charge < -0.3 is 19.3 Å². The van der Waals surface area contributed by atoms with Crippen LogP contribution < -0.4 is 14.2 Å². The lowest BCUT2D eigenvalue weighted by Crippen LogP contribution is -2.11. The summed E-state index contributed by atoms with van der Waals surface area (Å²) in [4.78, 5) is 12.4. The predicted molar refractivity (Wildman–Crippen MR) is 94.1 cm³/mol. The molecule has 0 spiro atoms. The SMILES string of the molecule is COc1ccc(C(=O)Oc2c(CSC)cc(CO)cc2OC)cc1. The number of hydrogen-bond donors (Lipinski definition) is 1. The number of thioether (sulfide) groups is 1. The molecule has 0 fully saturated rings. The van der Waals surface area contributed by atoms with Crippen molar-refractivity contribution in [1.29, 1.82) is 0 Å². The van der Waals surface area contributed by atoms with Crippen molar-refractivity contribution in [2.24, 2.45) is 0 Å². The van der Waals surface area contributed by atoms with E-state index in [9.17, 15) is 9.90 Å². The Labute approximate surface area is 145 Å². The van der Waals surface area contributed by atoms with E-state index < -0.39 is 5.97 Å². The second kappa shape index (κ2) is 8.61. The molecule has 0 bridgehead atoms. The second-order valence-electron chi connectivity index (χ2n) is 5.00. The third-order valence-corrected chi connectivity index (χ3v) is 4.01. The first kappa shape index (κ1) is 18.2. The van der Waals surface area contributed by atoms with E-state index >= 15 is 0 Å². The highest BCUT2D eigenvalue weighted by Gasteiger charge is 2.18. The molecule has 0 saturated heterocycles. The second-order valence-corrected chi connectivity index (χ2v) is 5.86. The van der Waals surface area contributed by atoms with Gasteiger partial charge in [-0.05, 0) is 48.2 Å². The van der Waals surface area contributed by atoms with Crippen LogP contribution in [0, 0.1) is 0 Å². The number of aliphatic hydroxyl groups excluding tert-OH is 1. The highest BCUT2D eigenvalue weighted by atomic mass is 32.2. The van der Waals surface area contributed by atoms with Gasteiger partial charge in [-0.3, -0.25) is 0 Å². The number of carbonyl (C=O) groups excluding carboxylic acids is 1. The van der Waals surface area contributed by atoms with E-state index in [1.807, 2.05) is 12.3 Å². The van der Waals surface area contributed by atoms with Crippen molar-refractivity contribution in [2.45, 2.75) is 12.4 Å². The van der Waals surface area contributed by atoms with Gasteiger partial charge in [0.1, 0.15) is 5.75 Å². The fourth-order valence-electron chi connectivity index (χ4n) is 2.22. The molecule has 1 N–H and O–H groups in total. The number of hydrogen-bond acceptors (Lipinski definition) is 6. The van der Waals surface area contributed by atoms with Gasteiger partial charge in [-0.15, -0.1) is 0 Å². The molecule has 0 aliphatic heterocycles. The van der Waals surface area contributed by atoms with Crippen LogP contribution in [0.2, 0.25) is 0 Å². The fourth-order valence-corrected chi connectivity index (χ4v) is 2.75. The lowest BCUT2D eigenvalue weighted by Gasteiger charge is -2.15. The largest absolute Gasteiger partial charge is 0.497 e. The van der Waals surface area contributed by atoms with Crippen LogP contribution in [0.5, 0.6) is 17.2 Å². The Morgan fingerprint density at radius 2 is 1.83 bits per heavy atom. The Kier molecular flexibility index (Phi) is 6.52. The summed E-state index contributed by atoms with van der Waals surface area (Å²) in [6.07, 6.45) is 1.95. The van der Waals surface area contributed by atoms with Crippen LogP contribution in [0.4, 0.5) is 0 Å². The zero-order valence-corrected chi connectivity index (χ0v) is 14.7. The number of methoxy groups -OCH3 is 2. The molecule has 2 aromatic rings. The van der Waals surface area contributed by atoms with E-state index in [1.165, 1.54) is 7.11 Å². The molecule has 0 aliphatic carbocycles. The van der Waals surface area contributed by atoms with E-state index in [2.05, 4.69) is 0 Å². The molecular formula is C18H20O5S. The normalized spacial score (nSPS) is 10.3. The molecule has 128 valence electrons. The van der Waals surface area contributed by atoms with Crippen LogP contribution in [0.25, 0.3) is 0 Å². The monoisotopic (exact) mass is 348 g/mol. The van der Waals surface area contributed by atoms with Gasteiger partial charge in [0.15, 0.2) is 11.5 Å². The average molecular weight is 348 g/mol. The summed E-state index contributed by atoms with van der Waals surface area (Å²) in [7, 11) is 3.07. The summed E-state index contributed by atoms with van der Waals surface area (Å²) >= 11 is 1.59. The van der Waals surface area contributed by atoms with Crippen molar-refractivity contribution < 1.29 is 24.1 Å². The number of ether oxygens (including phenoxy) is 3. The van der Waals surface area contributed by atoms with Crippen LogP contribution in [0.1, 0.15) is 21.5 Å². The Hall–Kier alpha value is -2.18. The van der Waals surface area contributed by atoms with Gasteiger partial charge in [-0.2, -0.15) is 11.8 Å². The van der Waals surface area contributed by atoms with Crippen LogP contribution in [-0.2, 0) is 12.4 Å². The van der Waals surface area contributed by atoms with E-state index in [-0.39, 0.29) is 6.61 Å². The van der Waals surface area contributed by atoms with Gasteiger partial charge >= 0.3 is 5.97 Å². The molecule has 0 atom stereocenters. The highest BCUT2D eigenvalue weighted by Crippen LogP contribution is 2.35. The van der Waals surface area contributed by atoms with Gasteiger partial charge in [0.25, 0.3) is 0 Å². The Bertz CT molecular complexity index is 697. The third kappa shape index (κ3) is 4.21. The summed E-state index contributed by atoms with van der Waals surface area (Å²) in [6.45, 7) is -0.107. The van der Waals surface area contributed by atoms with Crippen LogP contribution in [-0.4, -0.2) is 31.6 Å². The molecule has 0 heterocycles. The van der Waals surface area contributed by atoms with Crippen molar-refractivity contribution in [3.8, 4) is 17.2 Å². The van der Waals surface area contributed by atoms with Gasteiger partial charge in [-0.1, -0.05) is 0 Å². The molecule has 24 heavy (non-hydrogen) atoms. The predicted octanol–water partition coefficient (Wildman–Crippen LogP) is 3.28. The number of aliphatic hydroxyl groups is 1. The first-order valence-electron chi connectivity index (χ1n) is 7.28. The van der Waals surface area contributed by atoms with E-state index in [4.69, 9.17) is 14.2 Å². The summed E-state index contributed by atoms with van der Waals surface area (Å²) in [5, 5.41) is 9.37. The molecule has 0 radical (unpaired) electrons. The number of carbonyl (C=O) groups is 1. The van der Waals surface area contributed by atoms with Crippen molar-refractivity contribution in [2.75, 3.05) is 20.5 Å². The molecule has 2 aromatic carbocycles. The minimum atomic E-state index is -0.477. The molecule has 0 aromatic heterocycles. The maximum absolute atomic E-state index is 12.4. The summed E-state index contributed by atoms with van der Waals surface area (Å²) < 4.78 is 16.0. The van der Waals surface area contributed by atoms with Gasteiger partial charge in [-0.25, -0.2) is 4.79 Å². The summed E-state index contributed by atoms with van der Waals surface area (Å²) in [6, 6.07) is 10.2. The average Bonchev–Trinajstić information content (AvgIpc) is 2.63. The first-order chi connectivity index (χ1) is 11.6. The number of benzene rings is 2. The molecule has 0 aliphatic rings. The first-order valence-corrected chi connectivity index (χ1v) is 8.68. The molecule has 0 saturated carbocycles. The topological polar surface area (TPSA) is 65.0 Å². The van der Waals surface area contributed by atoms with Crippen molar-refractivity contribution >= 4 is 17.7 Å². The number of esters is 1. The molecular weight excluding hydrogens is 328 g/mol. The minimum absolute atomic E-state index is 0.107. The van der Waals surface area contributed by atoms with Crippen molar-refractivity contribution in [1.82, 2.24) is 0 Å². The Morgan fingerprint density at radius 3 is 2.38 bits per heavy atom. The molecule has 6 heteroatoms. The lowest BCUT2D eigenvalue weighted by atomic mass is 10.1. The minimum Gasteiger partial charge on any atom is -0.497 e. The van der Waals surface area contributed by atoms with Crippen LogP contribution in [0.3, 0.4) is 0 Å². The van der Waals surface area contributed by atoms with Crippen LogP contribution in [0.15, 0.2) is 36.4 Å². The number of rotatable bonds is 7. The zero-order valence-electron chi connectivity index (χ0n) is 13.9. The van der Waals surface area contributed by atoms with Crippen molar-refractivity contribution in [3.63, 3.8) is 0 Å². The van der Waals surface area contributed by atoms with E-state index in [1.54, 1.807) is 49.2 Å². The summed E-state index contributed by atoms with van der Waals surface area (Å²) in [5.41, 5.74) is 1.92. The van der Waals surface area contributed by atoms with Gasteiger partial charge in [0, 0.05) is 11.3 Å². The van der Waals surface area contributed by atoms with E-state index in [0.29, 0.717) is 34.1 Å². The smallest absolute Gasteiger partial charge is 0.343 e. The molecule has 2 rings (SSSR count). The molecule has 5 nitrogen and oxygen atoms in total. The zero-order chi connectivity index (χ0) is 17.5. The Morgan fingerprint density at radius 1 is 1.12 bits per heavy atom. The van der Waals surface area contributed by atoms with Gasteiger partial charge in [0.05, 0.1) is 26.4 Å². The summed E-state index contributed by atoms with van der Waals surface area (Å²) in [5.74, 6) is 1.63. The highest BCUT2D eigenvalue weighted by molar-refractivity contribution is 7.97. The maximum Gasteiger partial charge on any atom is 0.343 e. The molecule has 0 amide bonds. The lowest BCUT2D eigenvalue weighted by molar-refractivity contribution is 0.0728. The maximum atomic E-state index is 12.4.